The van der Waals surface area contributed by atoms with Crippen LogP contribution < -0.4 is 4.90 Å². The molecular weight excluding hydrogens is 422 g/mol. The van der Waals surface area contributed by atoms with Crippen LogP contribution in [0.3, 0.4) is 0 Å². The summed E-state index contributed by atoms with van der Waals surface area (Å²) in [5.74, 6) is -0.169. The van der Waals surface area contributed by atoms with E-state index in [1.54, 1.807) is 6.08 Å². The molecule has 1 aliphatic carbocycles. The van der Waals surface area contributed by atoms with E-state index in [4.69, 9.17) is 4.74 Å². The first-order valence-electron chi connectivity index (χ1n) is 12.0. The molecule has 0 bridgehead atoms. The number of nitrogens with zero attached hydrogens (tertiary/aromatic N) is 1. The molecule has 3 aromatic carbocycles. The molecule has 1 saturated carbocycles. The minimum Gasteiger partial charge on any atom is -0.466 e. The summed E-state index contributed by atoms with van der Waals surface area (Å²) in [6.45, 7) is 0.500. The SMILES string of the molecule is COC(=O)/C=C/c1cccc(N(Cc2cccc(-c3ccccc3)c2)C(=O)C2CCCCC2)c1. The number of esters is 1. The van der Waals surface area contributed by atoms with Crippen LogP contribution in [0.1, 0.15) is 43.2 Å². The zero-order valence-corrected chi connectivity index (χ0v) is 19.7. The van der Waals surface area contributed by atoms with Gasteiger partial charge >= 0.3 is 5.97 Å². The summed E-state index contributed by atoms with van der Waals surface area (Å²) in [6.07, 6.45) is 8.43. The first-order chi connectivity index (χ1) is 16.6. The van der Waals surface area contributed by atoms with E-state index >= 15 is 0 Å². The standard InChI is InChI=1S/C30H31NO3/c1-34-29(32)19-18-23-10-9-17-28(21-23)31(30(33)26-14-6-3-7-15-26)22-24-11-8-16-27(20-24)25-12-4-2-5-13-25/h2,4-5,8-13,16-21,26H,3,6-7,14-15,22H2,1H3/b19-18+. The first kappa shape index (κ1) is 23.5. The number of carbonyl (C=O) groups is 2. The van der Waals surface area contributed by atoms with Gasteiger partial charge in [0.25, 0.3) is 0 Å². The van der Waals surface area contributed by atoms with Crippen LogP contribution >= 0.6 is 0 Å². The third kappa shape index (κ3) is 6.02. The molecule has 0 spiro atoms. The molecule has 3 aromatic rings. The maximum absolute atomic E-state index is 13.7. The van der Waals surface area contributed by atoms with Crippen LogP contribution in [0.5, 0.6) is 0 Å². The van der Waals surface area contributed by atoms with Crippen molar-refractivity contribution in [2.45, 2.75) is 38.6 Å². The fourth-order valence-corrected chi connectivity index (χ4v) is 4.56. The molecule has 1 fully saturated rings. The van der Waals surface area contributed by atoms with Gasteiger partial charge in [-0.25, -0.2) is 4.79 Å². The molecule has 0 saturated heterocycles. The average molecular weight is 454 g/mol. The van der Waals surface area contributed by atoms with E-state index in [-0.39, 0.29) is 11.8 Å². The van der Waals surface area contributed by atoms with Crippen molar-refractivity contribution in [3.8, 4) is 11.1 Å². The minimum atomic E-state index is -0.404. The number of carbonyl (C=O) groups excluding carboxylic acids is 2. The van der Waals surface area contributed by atoms with Gasteiger partial charge in [0.1, 0.15) is 0 Å². The highest BCUT2D eigenvalue weighted by Gasteiger charge is 2.27. The molecule has 0 aromatic heterocycles. The zero-order valence-electron chi connectivity index (χ0n) is 19.7. The average Bonchev–Trinajstić information content (AvgIpc) is 2.91. The lowest BCUT2D eigenvalue weighted by Crippen LogP contribution is -2.36. The summed E-state index contributed by atoms with van der Waals surface area (Å²) in [6, 6.07) is 26.5. The van der Waals surface area contributed by atoms with Crippen molar-refractivity contribution in [2.24, 2.45) is 5.92 Å². The molecule has 4 heteroatoms. The van der Waals surface area contributed by atoms with Crippen LogP contribution in [0.2, 0.25) is 0 Å². The molecule has 34 heavy (non-hydrogen) atoms. The quantitative estimate of drug-likeness (QED) is 0.297. The largest absolute Gasteiger partial charge is 0.466 e. The van der Waals surface area contributed by atoms with Crippen LogP contribution in [0.25, 0.3) is 17.2 Å². The number of rotatable bonds is 7. The summed E-state index contributed by atoms with van der Waals surface area (Å²) < 4.78 is 4.70. The van der Waals surface area contributed by atoms with Gasteiger partial charge in [-0.05, 0) is 59.4 Å². The summed E-state index contributed by atoms with van der Waals surface area (Å²) in [7, 11) is 1.36. The number of anilines is 1. The molecule has 0 aliphatic heterocycles. The van der Waals surface area contributed by atoms with Crippen LogP contribution in [0.15, 0.2) is 84.9 Å². The van der Waals surface area contributed by atoms with Crippen molar-refractivity contribution in [1.29, 1.82) is 0 Å². The minimum absolute atomic E-state index is 0.0559. The van der Waals surface area contributed by atoms with Gasteiger partial charge in [0.2, 0.25) is 5.91 Å². The van der Waals surface area contributed by atoms with E-state index in [1.807, 2.05) is 47.4 Å². The van der Waals surface area contributed by atoms with Gasteiger partial charge in [0, 0.05) is 17.7 Å². The Bertz CT molecular complexity index is 1150. The topological polar surface area (TPSA) is 46.6 Å². The Labute approximate surface area is 201 Å². The van der Waals surface area contributed by atoms with Crippen LogP contribution in [-0.4, -0.2) is 19.0 Å². The van der Waals surface area contributed by atoms with Crippen molar-refractivity contribution in [3.63, 3.8) is 0 Å². The Hall–Kier alpha value is -3.66. The molecule has 174 valence electrons. The summed E-state index contributed by atoms with van der Waals surface area (Å²) in [4.78, 5) is 27.2. The maximum Gasteiger partial charge on any atom is 0.330 e. The van der Waals surface area contributed by atoms with Gasteiger partial charge in [-0.3, -0.25) is 4.79 Å². The number of benzene rings is 3. The molecule has 0 atom stereocenters. The van der Waals surface area contributed by atoms with E-state index in [0.717, 1.165) is 53.6 Å². The smallest absolute Gasteiger partial charge is 0.330 e. The summed E-state index contributed by atoms with van der Waals surface area (Å²) >= 11 is 0. The van der Waals surface area contributed by atoms with Crippen LogP contribution in [0.4, 0.5) is 5.69 Å². The number of hydrogen-bond acceptors (Lipinski definition) is 3. The molecule has 1 amide bonds. The zero-order chi connectivity index (χ0) is 23.8. The normalized spacial score (nSPS) is 14.1. The van der Waals surface area contributed by atoms with Crippen molar-refractivity contribution >= 4 is 23.6 Å². The van der Waals surface area contributed by atoms with Gasteiger partial charge in [-0.2, -0.15) is 0 Å². The fourth-order valence-electron chi connectivity index (χ4n) is 4.56. The molecule has 0 radical (unpaired) electrons. The lowest BCUT2D eigenvalue weighted by Gasteiger charge is -2.30. The maximum atomic E-state index is 13.7. The fraction of sp³-hybridized carbons (Fsp3) is 0.267. The highest BCUT2D eigenvalue weighted by atomic mass is 16.5. The van der Waals surface area contributed by atoms with Crippen molar-refractivity contribution in [2.75, 3.05) is 12.0 Å². The Morgan fingerprint density at radius 2 is 1.62 bits per heavy atom. The van der Waals surface area contributed by atoms with Crippen LogP contribution in [-0.2, 0) is 20.9 Å². The van der Waals surface area contributed by atoms with Crippen LogP contribution in [0, 0.1) is 5.92 Å². The molecule has 0 N–H and O–H groups in total. The molecule has 0 unspecified atom stereocenters. The lowest BCUT2D eigenvalue weighted by molar-refractivity contribution is -0.134. The summed E-state index contributed by atoms with van der Waals surface area (Å²) in [5, 5.41) is 0. The second-order valence-corrected chi connectivity index (χ2v) is 8.78. The Kier molecular flexibility index (Phi) is 7.92. The van der Waals surface area contributed by atoms with Gasteiger partial charge in [0.15, 0.2) is 0 Å². The van der Waals surface area contributed by atoms with E-state index in [2.05, 4.69) is 36.4 Å². The molecule has 4 nitrogen and oxygen atoms in total. The van der Waals surface area contributed by atoms with Crippen molar-refractivity contribution < 1.29 is 14.3 Å². The van der Waals surface area contributed by atoms with E-state index < -0.39 is 5.97 Å². The highest BCUT2D eigenvalue weighted by Crippen LogP contribution is 2.30. The number of ether oxygens (including phenoxy) is 1. The lowest BCUT2D eigenvalue weighted by atomic mass is 9.88. The first-order valence-corrected chi connectivity index (χ1v) is 12.0. The third-order valence-corrected chi connectivity index (χ3v) is 6.39. The van der Waals surface area contributed by atoms with Gasteiger partial charge in [-0.15, -0.1) is 0 Å². The van der Waals surface area contributed by atoms with Gasteiger partial charge < -0.3 is 9.64 Å². The molecule has 4 rings (SSSR count). The highest BCUT2D eigenvalue weighted by molar-refractivity contribution is 5.95. The summed E-state index contributed by atoms with van der Waals surface area (Å²) in [5.41, 5.74) is 5.07. The van der Waals surface area contributed by atoms with Crippen molar-refractivity contribution in [3.05, 3.63) is 96.1 Å². The van der Waals surface area contributed by atoms with E-state index in [0.29, 0.717) is 6.54 Å². The Morgan fingerprint density at radius 3 is 2.38 bits per heavy atom. The van der Waals surface area contributed by atoms with Crippen molar-refractivity contribution in [1.82, 2.24) is 0 Å². The Morgan fingerprint density at radius 1 is 0.882 bits per heavy atom. The van der Waals surface area contributed by atoms with E-state index in [1.165, 1.54) is 19.6 Å². The third-order valence-electron chi connectivity index (χ3n) is 6.39. The predicted molar refractivity (Wildman–Crippen MR) is 137 cm³/mol. The molecular formula is C30H31NO3. The monoisotopic (exact) mass is 453 g/mol. The Balaban J connectivity index is 1.65. The second-order valence-electron chi connectivity index (χ2n) is 8.78. The van der Waals surface area contributed by atoms with Gasteiger partial charge in [0.05, 0.1) is 13.7 Å². The van der Waals surface area contributed by atoms with Gasteiger partial charge in [-0.1, -0.05) is 79.9 Å². The number of amides is 1. The van der Waals surface area contributed by atoms with E-state index in [9.17, 15) is 9.59 Å². The number of methoxy groups -OCH3 is 1. The number of hydrogen-bond donors (Lipinski definition) is 0. The molecule has 0 heterocycles. The second kappa shape index (κ2) is 11.5. The molecule has 1 aliphatic rings. The predicted octanol–water partition coefficient (Wildman–Crippen LogP) is 6.65.